The van der Waals surface area contributed by atoms with Crippen LogP contribution in [0.5, 0.6) is 5.75 Å². The summed E-state index contributed by atoms with van der Waals surface area (Å²) in [5.41, 5.74) is 3.13. The van der Waals surface area contributed by atoms with E-state index < -0.39 is 0 Å². The normalized spacial score (nSPS) is 17.4. The molecule has 0 saturated heterocycles. The molecule has 2 nitrogen and oxygen atoms in total. The Labute approximate surface area is 130 Å². The maximum atomic E-state index is 5.58. The van der Waals surface area contributed by atoms with E-state index >= 15 is 0 Å². The lowest BCUT2D eigenvalue weighted by atomic mass is 9.79. The summed E-state index contributed by atoms with van der Waals surface area (Å²) < 4.78 is 5.58. The van der Waals surface area contributed by atoms with E-state index in [4.69, 9.17) is 4.74 Å². The van der Waals surface area contributed by atoms with Crippen LogP contribution in [0.4, 0.5) is 0 Å². The fourth-order valence-electron chi connectivity index (χ4n) is 3.62. The maximum Gasteiger partial charge on any atom is 0.122 e. The predicted molar refractivity (Wildman–Crippen MR) is 90.0 cm³/mol. The Morgan fingerprint density at radius 1 is 1.24 bits per heavy atom. The van der Waals surface area contributed by atoms with Crippen molar-refractivity contribution in [1.82, 2.24) is 5.32 Å². The minimum atomic E-state index is 0.427. The number of hydrogen-bond donors (Lipinski definition) is 1. The summed E-state index contributed by atoms with van der Waals surface area (Å²) in [6.45, 7) is 8.98. The lowest BCUT2D eigenvalue weighted by molar-refractivity contribution is 0.269. The van der Waals surface area contributed by atoms with Gasteiger partial charge in [0.05, 0.1) is 7.11 Å². The van der Waals surface area contributed by atoms with E-state index in [1.165, 1.54) is 36.8 Å². The van der Waals surface area contributed by atoms with Gasteiger partial charge in [0, 0.05) is 6.54 Å². The van der Waals surface area contributed by atoms with Crippen LogP contribution in [0.25, 0.3) is 0 Å². The second kappa shape index (κ2) is 7.31. The van der Waals surface area contributed by atoms with Crippen LogP contribution >= 0.6 is 0 Å². The molecule has 2 rings (SSSR count). The van der Waals surface area contributed by atoms with E-state index in [1.54, 1.807) is 7.11 Å². The monoisotopic (exact) mass is 289 g/mol. The standard InChI is InChI=1S/C19H31NO/c1-15(2)13-20-14-19(9-5-6-10-19)12-17-11-16(3)7-8-18(17)21-4/h7-8,11,15,20H,5-6,9-10,12-14H2,1-4H3. The Balaban J connectivity index is 2.10. The third kappa shape index (κ3) is 4.47. The van der Waals surface area contributed by atoms with Gasteiger partial charge in [-0.05, 0) is 55.7 Å². The molecular formula is C19H31NO. The maximum absolute atomic E-state index is 5.58. The average molecular weight is 289 g/mol. The van der Waals surface area contributed by atoms with E-state index in [2.05, 4.69) is 44.3 Å². The highest BCUT2D eigenvalue weighted by molar-refractivity contribution is 5.37. The van der Waals surface area contributed by atoms with Gasteiger partial charge in [-0.15, -0.1) is 0 Å². The number of hydrogen-bond acceptors (Lipinski definition) is 2. The van der Waals surface area contributed by atoms with Gasteiger partial charge in [0.15, 0.2) is 0 Å². The summed E-state index contributed by atoms with van der Waals surface area (Å²) in [6, 6.07) is 6.57. The molecule has 0 radical (unpaired) electrons. The fourth-order valence-corrected chi connectivity index (χ4v) is 3.62. The molecule has 0 bridgehead atoms. The van der Waals surface area contributed by atoms with Gasteiger partial charge in [0.2, 0.25) is 0 Å². The minimum absolute atomic E-state index is 0.427. The number of benzene rings is 1. The summed E-state index contributed by atoms with van der Waals surface area (Å²) in [5, 5.41) is 3.70. The molecule has 0 atom stereocenters. The number of nitrogens with one attached hydrogen (secondary N) is 1. The first-order valence-electron chi connectivity index (χ1n) is 8.39. The lowest BCUT2D eigenvalue weighted by Crippen LogP contribution is -2.35. The average Bonchev–Trinajstić information content (AvgIpc) is 2.87. The van der Waals surface area contributed by atoms with Crippen LogP contribution in [-0.4, -0.2) is 20.2 Å². The van der Waals surface area contributed by atoms with E-state index in [9.17, 15) is 0 Å². The second-order valence-corrected chi connectivity index (χ2v) is 7.22. The Morgan fingerprint density at radius 2 is 1.95 bits per heavy atom. The van der Waals surface area contributed by atoms with Crippen molar-refractivity contribution in [2.24, 2.45) is 11.3 Å². The van der Waals surface area contributed by atoms with Gasteiger partial charge >= 0.3 is 0 Å². The number of ether oxygens (including phenoxy) is 1. The zero-order valence-electron chi connectivity index (χ0n) is 14.2. The van der Waals surface area contributed by atoms with Crippen molar-refractivity contribution >= 4 is 0 Å². The van der Waals surface area contributed by atoms with Gasteiger partial charge in [0.25, 0.3) is 0 Å². The van der Waals surface area contributed by atoms with E-state index in [1.807, 2.05) is 0 Å². The van der Waals surface area contributed by atoms with Crippen molar-refractivity contribution in [1.29, 1.82) is 0 Å². The van der Waals surface area contributed by atoms with Crippen LogP contribution in [0.15, 0.2) is 18.2 Å². The summed E-state index contributed by atoms with van der Waals surface area (Å²) in [7, 11) is 1.78. The summed E-state index contributed by atoms with van der Waals surface area (Å²) in [4.78, 5) is 0. The Hall–Kier alpha value is -1.02. The van der Waals surface area contributed by atoms with Gasteiger partial charge < -0.3 is 10.1 Å². The predicted octanol–water partition coefficient (Wildman–Crippen LogP) is 4.35. The summed E-state index contributed by atoms with van der Waals surface area (Å²) in [5.74, 6) is 1.77. The molecule has 118 valence electrons. The number of methoxy groups -OCH3 is 1. The SMILES string of the molecule is COc1ccc(C)cc1CC1(CNCC(C)C)CCCC1. The lowest BCUT2D eigenvalue weighted by Gasteiger charge is -2.31. The van der Waals surface area contributed by atoms with Gasteiger partial charge in [-0.3, -0.25) is 0 Å². The molecular weight excluding hydrogens is 258 g/mol. The Morgan fingerprint density at radius 3 is 2.57 bits per heavy atom. The highest BCUT2D eigenvalue weighted by atomic mass is 16.5. The Bertz CT molecular complexity index is 447. The molecule has 21 heavy (non-hydrogen) atoms. The third-order valence-electron chi connectivity index (χ3n) is 4.72. The zero-order chi connectivity index (χ0) is 15.3. The molecule has 1 saturated carbocycles. The molecule has 0 unspecified atom stereocenters. The molecule has 1 aromatic rings. The highest BCUT2D eigenvalue weighted by Crippen LogP contribution is 2.42. The van der Waals surface area contributed by atoms with Crippen LogP contribution in [0.3, 0.4) is 0 Å². The molecule has 1 aromatic carbocycles. The van der Waals surface area contributed by atoms with E-state index in [0.29, 0.717) is 5.41 Å². The van der Waals surface area contributed by atoms with Crippen LogP contribution in [-0.2, 0) is 6.42 Å². The number of rotatable bonds is 7. The van der Waals surface area contributed by atoms with Crippen molar-refractivity contribution in [3.05, 3.63) is 29.3 Å². The topological polar surface area (TPSA) is 21.3 Å². The molecule has 0 heterocycles. The molecule has 1 aliphatic carbocycles. The second-order valence-electron chi connectivity index (χ2n) is 7.22. The van der Waals surface area contributed by atoms with Gasteiger partial charge in [-0.2, -0.15) is 0 Å². The van der Waals surface area contributed by atoms with Crippen LogP contribution in [0.2, 0.25) is 0 Å². The van der Waals surface area contributed by atoms with E-state index in [0.717, 1.165) is 31.2 Å². The molecule has 1 fully saturated rings. The smallest absolute Gasteiger partial charge is 0.122 e. The van der Waals surface area contributed by atoms with Gasteiger partial charge in [-0.1, -0.05) is 44.4 Å². The fraction of sp³-hybridized carbons (Fsp3) is 0.684. The molecule has 0 amide bonds. The first kappa shape index (κ1) is 16.4. The largest absolute Gasteiger partial charge is 0.496 e. The van der Waals surface area contributed by atoms with Crippen molar-refractivity contribution in [3.63, 3.8) is 0 Å². The third-order valence-corrected chi connectivity index (χ3v) is 4.72. The van der Waals surface area contributed by atoms with E-state index in [-0.39, 0.29) is 0 Å². The van der Waals surface area contributed by atoms with Crippen molar-refractivity contribution < 1.29 is 4.74 Å². The van der Waals surface area contributed by atoms with Crippen LogP contribution in [0.1, 0.15) is 50.7 Å². The summed E-state index contributed by atoms with van der Waals surface area (Å²) in [6.07, 6.45) is 6.57. The first-order valence-corrected chi connectivity index (χ1v) is 8.39. The minimum Gasteiger partial charge on any atom is -0.496 e. The first-order chi connectivity index (χ1) is 10.0. The highest BCUT2D eigenvalue weighted by Gasteiger charge is 2.34. The molecule has 1 N–H and O–H groups in total. The van der Waals surface area contributed by atoms with Crippen molar-refractivity contribution in [2.75, 3.05) is 20.2 Å². The molecule has 0 spiro atoms. The molecule has 2 heteroatoms. The van der Waals surface area contributed by atoms with Gasteiger partial charge in [0.1, 0.15) is 5.75 Å². The molecule has 0 aromatic heterocycles. The number of aryl methyl sites for hydroxylation is 1. The summed E-state index contributed by atoms with van der Waals surface area (Å²) >= 11 is 0. The zero-order valence-corrected chi connectivity index (χ0v) is 14.2. The van der Waals surface area contributed by atoms with Crippen molar-refractivity contribution in [2.45, 2.75) is 52.9 Å². The van der Waals surface area contributed by atoms with Gasteiger partial charge in [-0.25, -0.2) is 0 Å². The van der Waals surface area contributed by atoms with Crippen LogP contribution < -0.4 is 10.1 Å². The quantitative estimate of drug-likeness (QED) is 0.805. The Kier molecular flexibility index (Phi) is 5.69. The van der Waals surface area contributed by atoms with Crippen LogP contribution in [0, 0.1) is 18.3 Å². The molecule has 0 aliphatic heterocycles. The van der Waals surface area contributed by atoms with Crippen molar-refractivity contribution in [3.8, 4) is 5.75 Å². The molecule has 1 aliphatic rings.